The molecule has 4 rings (SSSR count). The van der Waals surface area contributed by atoms with E-state index in [1.165, 1.54) is 18.7 Å². The second-order valence-corrected chi connectivity index (χ2v) is 8.06. The molecule has 31 heavy (non-hydrogen) atoms. The van der Waals surface area contributed by atoms with Crippen LogP contribution in [-0.4, -0.2) is 63.5 Å². The Bertz CT molecular complexity index is 891. The van der Waals surface area contributed by atoms with Gasteiger partial charge in [0.1, 0.15) is 0 Å². The number of anilines is 1. The normalized spacial score (nSPS) is 21.3. The van der Waals surface area contributed by atoms with Crippen LogP contribution in [0.2, 0.25) is 0 Å². The predicted octanol–water partition coefficient (Wildman–Crippen LogP) is 3.08. The molecule has 0 amide bonds. The second-order valence-electron chi connectivity index (χ2n) is 8.06. The maximum atomic E-state index is 10.6. The van der Waals surface area contributed by atoms with Crippen LogP contribution < -0.4 is 4.90 Å². The zero-order valence-electron chi connectivity index (χ0n) is 17.5. The summed E-state index contributed by atoms with van der Waals surface area (Å²) in [6.07, 6.45) is -3.84. The largest absolute Gasteiger partial charge is 0.490 e. The number of fused-ring (bicyclic) bond motifs is 1. The molecule has 2 saturated heterocycles. The SMILES string of the molecule is Cc1ccc(N2CC[C@@H]3CN(Cc4cccc(C)n4)C[C@@H]3C2)nn1.O=C(O)C(F)(F)F. The number of hydrogen-bond donors (Lipinski definition) is 1. The molecule has 0 aliphatic carbocycles. The van der Waals surface area contributed by atoms with Crippen molar-refractivity contribution in [2.24, 2.45) is 11.8 Å². The van der Waals surface area contributed by atoms with E-state index in [0.717, 1.165) is 55.2 Å². The molecule has 0 aromatic carbocycles. The molecule has 4 heterocycles. The lowest BCUT2D eigenvalue weighted by molar-refractivity contribution is -0.192. The van der Waals surface area contributed by atoms with Crippen molar-refractivity contribution < 1.29 is 23.1 Å². The highest BCUT2D eigenvalue weighted by molar-refractivity contribution is 5.73. The summed E-state index contributed by atoms with van der Waals surface area (Å²) >= 11 is 0. The van der Waals surface area contributed by atoms with Crippen molar-refractivity contribution in [3.8, 4) is 0 Å². The summed E-state index contributed by atoms with van der Waals surface area (Å²) in [5, 5.41) is 15.7. The van der Waals surface area contributed by atoms with Gasteiger partial charge in [0, 0.05) is 38.4 Å². The zero-order chi connectivity index (χ0) is 22.6. The van der Waals surface area contributed by atoms with E-state index in [1.807, 2.05) is 6.92 Å². The van der Waals surface area contributed by atoms with Gasteiger partial charge in [0.25, 0.3) is 0 Å². The van der Waals surface area contributed by atoms with Crippen molar-refractivity contribution in [1.82, 2.24) is 20.1 Å². The summed E-state index contributed by atoms with van der Waals surface area (Å²) in [5.41, 5.74) is 3.27. The van der Waals surface area contributed by atoms with Gasteiger partial charge in [0.15, 0.2) is 5.82 Å². The average molecular weight is 437 g/mol. The Hall–Kier alpha value is -2.75. The van der Waals surface area contributed by atoms with E-state index in [4.69, 9.17) is 9.90 Å². The van der Waals surface area contributed by atoms with Crippen LogP contribution in [-0.2, 0) is 11.3 Å². The number of piperidine rings is 1. The van der Waals surface area contributed by atoms with Gasteiger partial charge >= 0.3 is 12.1 Å². The minimum Gasteiger partial charge on any atom is -0.475 e. The number of hydrogen-bond acceptors (Lipinski definition) is 6. The first-order valence-electron chi connectivity index (χ1n) is 10.1. The van der Waals surface area contributed by atoms with Gasteiger partial charge in [-0.05, 0) is 56.4 Å². The summed E-state index contributed by atoms with van der Waals surface area (Å²) in [4.78, 5) is 18.5. The molecular weight excluding hydrogens is 411 g/mol. The highest BCUT2D eigenvalue weighted by Gasteiger charge is 2.38. The number of aromatic nitrogens is 3. The Morgan fingerprint density at radius 2 is 1.77 bits per heavy atom. The van der Waals surface area contributed by atoms with Crippen molar-refractivity contribution in [1.29, 1.82) is 0 Å². The van der Waals surface area contributed by atoms with E-state index in [2.05, 4.69) is 62.2 Å². The Labute approximate surface area is 178 Å². The maximum Gasteiger partial charge on any atom is 0.490 e. The quantitative estimate of drug-likeness (QED) is 0.790. The minimum absolute atomic E-state index is 0.728. The molecule has 2 aromatic heterocycles. The number of aliphatic carboxylic acids is 1. The molecule has 0 saturated carbocycles. The van der Waals surface area contributed by atoms with Gasteiger partial charge in [-0.15, -0.1) is 5.10 Å². The van der Waals surface area contributed by atoms with E-state index in [1.54, 1.807) is 0 Å². The average Bonchev–Trinajstić information content (AvgIpc) is 3.09. The number of carboxylic acid groups (broad SMARTS) is 1. The van der Waals surface area contributed by atoms with Crippen molar-refractivity contribution in [3.63, 3.8) is 0 Å². The Kier molecular flexibility index (Phi) is 7.09. The first-order chi connectivity index (χ1) is 14.6. The highest BCUT2D eigenvalue weighted by Crippen LogP contribution is 2.33. The van der Waals surface area contributed by atoms with Crippen molar-refractivity contribution >= 4 is 11.8 Å². The minimum atomic E-state index is -5.08. The Morgan fingerprint density at radius 3 is 2.39 bits per heavy atom. The van der Waals surface area contributed by atoms with Crippen LogP contribution in [0.3, 0.4) is 0 Å². The lowest BCUT2D eigenvalue weighted by atomic mass is 9.89. The van der Waals surface area contributed by atoms with E-state index >= 15 is 0 Å². The van der Waals surface area contributed by atoms with Gasteiger partial charge in [-0.2, -0.15) is 18.3 Å². The fourth-order valence-corrected chi connectivity index (χ4v) is 4.08. The molecule has 2 fully saturated rings. The predicted molar refractivity (Wildman–Crippen MR) is 109 cm³/mol. The molecule has 0 spiro atoms. The number of nitrogens with zero attached hydrogens (tertiary/aromatic N) is 5. The standard InChI is InChI=1S/C19H25N5.C2HF3O2/c1-14-4-3-5-18(20-14)13-23-10-16-8-9-24(12-17(16)11-23)19-7-6-15(2)21-22-19;3-2(4,5)1(6)7/h3-7,16-17H,8-13H2,1-2H3;(H,6,7)/t16-,17-;/m1./s1. The first kappa shape index (κ1) is 22.9. The summed E-state index contributed by atoms with van der Waals surface area (Å²) < 4.78 is 31.7. The molecule has 0 bridgehead atoms. The molecule has 10 heteroatoms. The number of carbonyl (C=O) groups is 1. The van der Waals surface area contributed by atoms with Crippen LogP contribution in [0.25, 0.3) is 0 Å². The van der Waals surface area contributed by atoms with Gasteiger partial charge in [-0.1, -0.05) is 6.07 Å². The first-order valence-corrected chi connectivity index (χ1v) is 10.1. The van der Waals surface area contributed by atoms with Gasteiger partial charge in [0.05, 0.1) is 11.4 Å². The molecule has 2 aromatic rings. The fourth-order valence-electron chi connectivity index (χ4n) is 4.08. The van der Waals surface area contributed by atoms with Gasteiger partial charge in [-0.25, -0.2) is 4.79 Å². The molecule has 168 valence electrons. The van der Waals surface area contributed by atoms with Crippen molar-refractivity contribution in [3.05, 3.63) is 47.4 Å². The number of halogens is 3. The molecule has 7 nitrogen and oxygen atoms in total. The monoisotopic (exact) mass is 437 g/mol. The molecule has 0 radical (unpaired) electrons. The smallest absolute Gasteiger partial charge is 0.475 e. The molecule has 1 N–H and O–H groups in total. The lowest BCUT2D eigenvalue weighted by Gasteiger charge is -2.34. The zero-order valence-corrected chi connectivity index (χ0v) is 17.5. The van der Waals surface area contributed by atoms with Crippen LogP contribution in [0.1, 0.15) is 23.5 Å². The molecule has 2 aliphatic heterocycles. The van der Waals surface area contributed by atoms with Crippen LogP contribution in [0.5, 0.6) is 0 Å². The van der Waals surface area contributed by atoms with E-state index in [-0.39, 0.29) is 0 Å². The molecular formula is C21H26F3N5O2. The number of likely N-dealkylation sites (tertiary alicyclic amines) is 1. The summed E-state index contributed by atoms with van der Waals surface area (Å²) in [5.74, 6) is -0.193. The third kappa shape index (κ3) is 6.36. The number of pyridine rings is 1. The molecule has 2 atom stereocenters. The summed E-state index contributed by atoms with van der Waals surface area (Å²) in [6, 6.07) is 10.5. The lowest BCUT2D eigenvalue weighted by Crippen LogP contribution is -2.40. The maximum absolute atomic E-state index is 10.6. The number of rotatable bonds is 3. The highest BCUT2D eigenvalue weighted by atomic mass is 19.4. The van der Waals surface area contributed by atoms with Crippen molar-refractivity contribution in [2.75, 3.05) is 31.1 Å². The van der Waals surface area contributed by atoms with Gasteiger partial charge in [-0.3, -0.25) is 9.88 Å². The van der Waals surface area contributed by atoms with Gasteiger partial charge in [0.2, 0.25) is 0 Å². The van der Waals surface area contributed by atoms with Crippen LogP contribution in [0, 0.1) is 25.7 Å². The summed E-state index contributed by atoms with van der Waals surface area (Å²) in [6.45, 7) is 9.57. The Balaban J connectivity index is 0.000000339. The van der Waals surface area contributed by atoms with Crippen LogP contribution >= 0.6 is 0 Å². The Morgan fingerprint density at radius 1 is 1.06 bits per heavy atom. The van der Waals surface area contributed by atoms with Crippen molar-refractivity contribution in [2.45, 2.75) is 33.0 Å². The van der Waals surface area contributed by atoms with Crippen LogP contribution in [0.15, 0.2) is 30.3 Å². The number of carboxylic acids is 1. The van der Waals surface area contributed by atoms with Crippen LogP contribution in [0.4, 0.5) is 19.0 Å². The topological polar surface area (TPSA) is 82.5 Å². The van der Waals surface area contributed by atoms with E-state index in [9.17, 15) is 13.2 Å². The third-order valence-electron chi connectivity index (χ3n) is 5.56. The van der Waals surface area contributed by atoms with Gasteiger partial charge < -0.3 is 10.0 Å². The van der Waals surface area contributed by atoms with E-state index < -0.39 is 12.1 Å². The van der Waals surface area contributed by atoms with E-state index in [0.29, 0.717) is 0 Å². The third-order valence-corrected chi connectivity index (χ3v) is 5.56. The molecule has 0 unspecified atom stereocenters. The second kappa shape index (κ2) is 9.59. The fraction of sp³-hybridized carbons (Fsp3) is 0.524. The number of alkyl halides is 3. The molecule has 2 aliphatic rings. The summed E-state index contributed by atoms with van der Waals surface area (Å²) in [7, 11) is 0. The number of aryl methyl sites for hydroxylation is 2.